The number of imidazole rings is 2. The van der Waals surface area contributed by atoms with Crippen molar-refractivity contribution in [3.8, 4) is 33.5 Å². The molecule has 294 valence electrons. The fraction of sp³-hybridized carbons (Fsp3) is 0.370. The Balaban J connectivity index is 0.965. The zero-order valence-corrected chi connectivity index (χ0v) is 33.3. The van der Waals surface area contributed by atoms with E-state index >= 15 is 0 Å². The van der Waals surface area contributed by atoms with Crippen LogP contribution in [-0.4, -0.2) is 73.9 Å². The number of aromatic amines is 2. The van der Waals surface area contributed by atoms with Crippen LogP contribution in [0.4, 0.5) is 4.79 Å². The van der Waals surface area contributed by atoms with Crippen LogP contribution >= 0.6 is 0 Å². The van der Waals surface area contributed by atoms with Crippen LogP contribution in [0.15, 0.2) is 85.1 Å². The Hall–Kier alpha value is -5.97. The maximum Gasteiger partial charge on any atom is 0.407 e. The number of likely N-dealkylation sites (tertiary alicyclic amines) is 2. The molecule has 11 nitrogen and oxygen atoms in total. The van der Waals surface area contributed by atoms with Gasteiger partial charge in [0.2, 0.25) is 11.8 Å². The van der Waals surface area contributed by atoms with E-state index in [0.717, 1.165) is 99.2 Å². The topological polar surface area (TPSA) is 136 Å². The molecule has 2 aliphatic rings. The van der Waals surface area contributed by atoms with E-state index in [1.165, 1.54) is 7.11 Å². The summed E-state index contributed by atoms with van der Waals surface area (Å²) in [5.41, 5.74) is 8.23. The molecule has 2 saturated heterocycles. The maximum absolute atomic E-state index is 13.6. The van der Waals surface area contributed by atoms with Gasteiger partial charge in [0.1, 0.15) is 17.7 Å². The van der Waals surface area contributed by atoms with Gasteiger partial charge in [0.25, 0.3) is 0 Å². The van der Waals surface area contributed by atoms with Crippen LogP contribution in [0.1, 0.15) is 83.5 Å². The summed E-state index contributed by atoms with van der Waals surface area (Å²) in [5, 5.41) is 5.02. The van der Waals surface area contributed by atoms with E-state index in [1.54, 1.807) is 0 Å². The second-order valence-corrected chi connectivity index (χ2v) is 16.3. The summed E-state index contributed by atoms with van der Waals surface area (Å²) in [5.74, 6) is 1.95. The van der Waals surface area contributed by atoms with Gasteiger partial charge in [-0.2, -0.15) is 0 Å². The number of rotatable bonds is 10. The molecule has 2 fully saturated rings. The van der Waals surface area contributed by atoms with Crippen LogP contribution in [0.25, 0.3) is 55.3 Å². The van der Waals surface area contributed by atoms with Crippen LogP contribution in [0, 0.1) is 11.8 Å². The highest BCUT2D eigenvalue weighted by Crippen LogP contribution is 2.36. The van der Waals surface area contributed by atoms with Crippen molar-refractivity contribution in [1.82, 2.24) is 35.1 Å². The van der Waals surface area contributed by atoms with Crippen LogP contribution in [0.3, 0.4) is 0 Å². The quantitative estimate of drug-likeness (QED) is 0.127. The normalized spacial score (nSPS) is 17.6. The fourth-order valence-corrected chi connectivity index (χ4v) is 8.48. The van der Waals surface area contributed by atoms with Crippen molar-refractivity contribution in [2.75, 3.05) is 20.2 Å². The average molecular weight is 766 g/mol. The molecule has 2 aromatic heterocycles. The molecule has 8 rings (SSSR count). The monoisotopic (exact) mass is 765 g/mol. The molecule has 0 spiro atoms. The molecule has 6 aromatic rings. The molecule has 0 radical (unpaired) electrons. The van der Waals surface area contributed by atoms with Gasteiger partial charge in [-0.1, -0.05) is 82.3 Å². The van der Waals surface area contributed by atoms with Gasteiger partial charge < -0.3 is 29.8 Å². The van der Waals surface area contributed by atoms with E-state index in [1.807, 2.05) is 35.9 Å². The standard InChI is InChI=1S/C46H51N7O4/c1-27(2)22-41(54)52-20-6-8-39(52)43-47-26-38(50-43)30-12-10-29(11-13-30)31-14-15-33-24-34(17-16-32(33)23-31)35-18-19-36-37(25-35)49-44(48-36)40-9-7-21-53(40)45(55)42(28(3)4)51-46(56)57-5/h10-19,23-28,39-40,42H,6-9,20-22H2,1-5H3,(H,47,50)(H,48,49)(H,51,56)/t39-,40?,42-/m0/s1. The van der Waals surface area contributed by atoms with Gasteiger partial charge in [0, 0.05) is 19.5 Å². The largest absolute Gasteiger partial charge is 0.453 e. The summed E-state index contributed by atoms with van der Waals surface area (Å²) in [6.45, 7) is 9.40. The van der Waals surface area contributed by atoms with Gasteiger partial charge in [-0.25, -0.2) is 14.8 Å². The lowest BCUT2D eigenvalue weighted by molar-refractivity contribution is -0.135. The van der Waals surface area contributed by atoms with E-state index in [0.29, 0.717) is 18.9 Å². The molecule has 57 heavy (non-hydrogen) atoms. The zero-order valence-electron chi connectivity index (χ0n) is 33.3. The van der Waals surface area contributed by atoms with Gasteiger partial charge in [0.15, 0.2) is 0 Å². The number of methoxy groups -OCH3 is 1. The molecule has 1 unspecified atom stereocenters. The number of H-pyrrole nitrogens is 2. The minimum absolute atomic E-state index is 0.0121. The Morgan fingerprint density at radius 3 is 2.02 bits per heavy atom. The lowest BCUT2D eigenvalue weighted by Gasteiger charge is -2.29. The number of hydrogen-bond acceptors (Lipinski definition) is 6. The summed E-state index contributed by atoms with van der Waals surface area (Å²) in [6.07, 6.45) is 5.43. The molecule has 4 aromatic carbocycles. The molecule has 0 aliphatic carbocycles. The zero-order chi connectivity index (χ0) is 39.8. The highest BCUT2D eigenvalue weighted by Gasteiger charge is 2.38. The molecule has 3 atom stereocenters. The van der Waals surface area contributed by atoms with Crippen molar-refractivity contribution in [3.63, 3.8) is 0 Å². The van der Waals surface area contributed by atoms with Crippen LogP contribution in [-0.2, 0) is 14.3 Å². The van der Waals surface area contributed by atoms with Gasteiger partial charge in [0.05, 0.1) is 42.1 Å². The Morgan fingerprint density at radius 2 is 1.35 bits per heavy atom. The first kappa shape index (κ1) is 37.9. The number of fused-ring (bicyclic) bond motifs is 2. The minimum Gasteiger partial charge on any atom is -0.453 e. The van der Waals surface area contributed by atoms with Crippen molar-refractivity contribution >= 4 is 39.7 Å². The number of benzene rings is 4. The first-order valence-electron chi connectivity index (χ1n) is 20.2. The summed E-state index contributed by atoms with van der Waals surface area (Å²) >= 11 is 0. The van der Waals surface area contributed by atoms with Crippen LogP contribution in [0.2, 0.25) is 0 Å². The predicted octanol–water partition coefficient (Wildman–Crippen LogP) is 9.19. The second-order valence-electron chi connectivity index (χ2n) is 16.3. The number of aromatic nitrogens is 4. The lowest BCUT2D eigenvalue weighted by Crippen LogP contribution is -2.51. The molecule has 0 saturated carbocycles. The van der Waals surface area contributed by atoms with Crippen LogP contribution in [0.5, 0.6) is 0 Å². The van der Waals surface area contributed by atoms with Gasteiger partial charge in [-0.3, -0.25) is 9.59 Å². The van der Waals surface area contributed by atoms with E-state index < -0.39 is 12.1 Å². The number of carbonyl (C=O) groups is 3. The van der Waals surface area contributed by atoms with Gasteiger partial charge in [-0.05, 0) is 100 Å². The van der Waals surface area contributed by atoms with E-state index in [2.05, 4.69) is 102 Å². The molecular formula is C46H51N7O4. The number of ether oxygens (including phenoxy) is 1. The summed E-state index contributed by atoms with van der Waals surface area (Å²) in [7, 11) is 1.30. The number of carbonyl (C=O) groups excluding carboxylic acids is 3. The Bertz CT molecular complexity index is 2430. The van der Waals surface area contributed by atoms with Crippen molar-refractivity contribution in [2.24, 2.45) is 11.8 Å². The Labute approximate surface area is 333 Å². The third-order valence-electron chi connectivity index (χ3n) is 11.5. The molecular weight excluding hydrogens is 715 g/mol. The number of nitrogens with one attached hydrogen (secondary N) is 3. The molecule has 4 heterocycles. The van der Waals surface area contributed by atoms with Crippen molar-refractivity contribution in [1.29, 1.82) is 0 Å². The first-order chi connectivity index (χ1) is 27.6. The van der Waals surface area contributed by atoms with Crippen molar-refractivity contribution in [3.05, 3.63) is 96.7 Å². The average Bonchev–Trinajstić information content (AvgIpc) is 4.05. The maximum atomic E-state index is 13.6. The molecule has 3 amide bonds. The third kappa shape index (κ3) is 7.75. The Kier molecular flexibility index (Phi) is 10.6. The van der Waals surface area contributed by atoms with Crippen molar-refractivity contribution in [2.45, 2.75) is 77.9 Å². The first-order valence-corrected chi connectivity index (χ1v) is 20.2. The van der Waals surface area contributed by atoms with Crippen molar-refractivity contribution < 1.29 is 19.1 Å². The molecule has 0 bridgehead atoms. The fourth-order valence-electron chi connectivity index (χ4n) is 8.48. The second kappa shape index (κ2) is 15.9. The van der Waals surface area contributed by atoms with E-state index in [9.17, 15) is 14.4 Å². The summed E-state index contributed by atoms with van der Waals surface area (Å²) in [4.78, 5) is 59.0. The number of alkyl carbamates (subject to hydrolysis) is 1. The number of amides is 3. The Morgan fingerprint density at radius 1 is 0.754 bits per heavy atom. The molecule has 3 N–H and O–H groups in total. The van der Waals surface area contributed by atoms with E-state index in [-0.39, 0.29) is 29.8 Å². The summed E-state index contributed by atoms with van der Waals surface area (Å²) < 4.78 is 4.78. The third-order valence-corrected chi connectivity index (χ3v) is 11.5. The minimum atomic E-state index is -0.678. The number of hydrogen-bond donors (Lipinski definition) is 3. The highest BCUT2D eigenvalue weighted by atomic mass is 16.5. The smallest absolute Gasteiger partial charge is 0.407 e. The SMILES string of the molecule is COC(=O)N[C@H](C(=O)N1CCCC1c1nc2ccc(-c3ccc4cc(-c5ccc(-c6cnc([C@@H]7CCCN7C(=O)CC(C)C)[nH]6)cc5)ccc4c3)cc2[nH]1)C(C)C. The predicted molar refractivity (Wildman–Crippen MR) is 223 cm³/mol. The van der Waals surface area contributed by atoms with E-state index in [4.69, 9.17) is 14.7 Å². The molecule has 2 aliphatic heterocycles. The van der Waals surface area contributed by atoms with Gasteiger partial charge >= 0.3 is 6.09 Å². The lowest BCUT2D eigenvalue weighted by atomic mass is 9.97. The summed E-state index contributed by atoms with van der Waals surface area (Å²) in [6, 6.07) is 27.1. The van der Waals surface area contributed by atoms with Crippen LogP contribution < -0.4 is 5.32 Å². The number of nitrogens with zero attached hydrogens (tertiary/aromatic N) is 4. The molecule has 11 heteroatoms. The highest BCUT2D eigenvalue weighted by molar-refractivity contribution is 5.92. The van der Waals surface area contributed by atoms with Gasteiger partial charge in [-0.15, -0.1) is 0 Å².